The van der Waals surface area contributed by atoms with Crippen LogP contribution in [0, 0.1) is 0 Å². The second kappa shape index (κ2) is 9.15. The molecule has 2 aromatic carbocycles. The zero-order chi connectivity index (χ0) is 19.1. The molecule has 3 nitrogen and oxygen atoms in total. The van der Waals surface area contributed by atoms with Gasteiger partial charge in [-0.2, -0.15) is 0 Å². The first-order valence-electron chi connectivity index (χ1n) is 9.36. The number of aliphatic hydroxyl groups is 1. The molecule has 3 rings (SSSR count). The average Bonchev–Trinajstić information content (AvgIpc) is 2.69. The summed E-state index contributed by atoms with van der Waals surface area (Å²) in [5.74, 6) is 0. The molecule has 0 aliphatic rings. The van der Waals surface area contributed by atoms with Gasteiger partial charge in [-0.25, -0.2) is 0 Å². The molecule has 0 aliphatic heterocycles. The van der Waals surface area contributed by atoms with Gasteiger partial charge in [0.2, 0.25) is 5.56 Å². The van der Waals surface area contributed by atoms with Crippen molar-refractivity contribution in [3.05, 3.63) is 88.9 Å². The van der Waals surface area contributed by atoms with Gasteiger partial charge in [0, 0.05) is 12.3 Å². The monoisotopic (exact) mass is 359 g/mol. The summed E-state index contributed by atoms with van der Waals surface area (Å²) >= 11 is 0. The summed E-state index contributed by atoms with van der Waals surface area (Å²) in [5.41, 5.74) is 5.50. The van der Waals surface area contributed by atoms with Gasteiger partial charge in [-0.3, -0.25) is 4.79 Å². The van der Waals surface area contributed by atoms with E-state index in [-0.39, 0.29) is 11.7 Å². The van der Waals surface area contributed by atoms with Gasteiger partial charge in [-0.05, 0) is 60.1 Å². The third-order valence-electron chi connectivity index (χ3n) is 4.55. The minimum absolute atomic E-state index is 0.0903. The van der Waals surface area contributed by atoms with Crippen LogP contribution in [-0.4, -0.2) is 16.2 Å². The van der Waals surface area contributed by atoms with Gasteiger partial charge < -0.3 is 10.1 Å². The predicted octanol–water partition coefficient (Wildman–Crippen LogP) is 5.27. The van der Waals surface area contributed by atoms with Crippen molar-refractivity contribution >= 4 is 6.08 Å². The van der Waals surface area contributed by atoms with Crippen LogP contribution >= 0.6 is 0 Å². The van der Waals surface area contributed by atoms with E-state index in [0.29, 0.717) is 0 Å². The van der Waals surface area contributed by atoms with Crippen molar-refractivity contribution in [2.45, 2.75) is 32.3 Å². The number of benzene rings is 2. The Hall–Kier alpha value is -2.91. The van der Waals surface area contributed by atoms with Crippen LogP contribution in [0.3, 0.4) is 0 Å². The van der Waals surface area contributed by atoms with E-state index in [4.69, 9.17) is 0 Å². The van der Waals surface area contributed by atoms with Crippen LogP contribution in [-0.2, 0) is 0 Å². The Balaban J connectivity index is 1.64. The number of rotatable bonds is 7. The fraction of sp³-hybridized carbons (Fsp3) is 0.208. The summed E-state index contributed by atoms with van der Waals surface area (Å²) in [5, 5.41) is 9.26. The summed E-state index contributed by atoms with van der Waals surface area (Å²) in [6, 6.07) is 20.2. The summed E-state index contributed by atoms with van der Waals surface area (Å²) in [4.78, 5) is 13.9. The Morgan fingerprint density at radius 1 is 0.889 bits per heavy atom. The number of aromatic nitrogens is 1. The van der Waals surface area contributed by atoms with Gasteiger partial charge in [0.05, 0.1) is 6.10 Å². The summed E-state index contributed by atoms with van der Waals surface area (Å²) in [7, 11) is 0. The van der Waals surface area contributed by atoms with Crippen molar-refractivity contribution in [2.24, 2.45) is 0 Å². The number of unbranched alkanes of at least 4 members (excludes halogenated alkanes) is 1. The zero-order valence-electron chi connectivity index (χ0n) is 15.6. The maximum absolute atomic E-state index is 11.2. The molecule has 0 radical (unpaired) electrons. The third-order valence-corrected chi connectivity index (χ3v) is 4.55. The molecule has 0 bridgehead atoms. The van der Waals surface area contributed by atoms with Crippen LogP contribution in [0.4, 0.5) is 0 Å². The summed E-state index contributed by atoms with van der Waals surface area (Å²) in [6.07, 6.45) is 8.65. The van der Waals surface area contributed by atoms with Gasteiger partial charge >= 0.3 is 0 Å². The number of hydrogen-bond donors (Lipinski definition) is 2. The van der Waals surface area contributed by atoms with Gasteiger partial charge in [-0.1, -0.05) is 60.7 Å². The largest absolute Gasteiger partial charge is 0.393 e. The third kappa shape index (κ3) is 5.53. The fourth-order valence-corrected chi connectivity index (χ4v) is 2.98. The second-order valence-corrected chi connectivity index (χ2v) is 6.82. The molecule has 1 aromatic heterocycles. The highest BCUT2D eigenvalue weighted by Gasteiger charge is 2.01. The molecule has 1 heterocycles. The highest BCUT2D eigenvalue weighted by molar-refractivity contribution is 5.70. The first kappa shape index (κ1) is 18.9. The Labute approximate surface area is 160 Å². The van der Waals surface area contributed by atoms with E-state index in [1.54, 1.807) is 12.3 Å². The van der Waals surface area contributed by atoms with Gasteiger partial charge in [-0.15, -0.1) is 0 Å². The Morgan fingerprint density at radius 3 is 2.00 bits per heavy atom. The van der Waals surface area contributed by atoms with Crippen LogP contribution in [0.1, 0.15) is 31.7 Å². The molecule has 0 fully saturated rings. The lowest BCUT2D eigenvalue weighted by atomic mass is 10.00. The lowest BCUT2D eigenvalue weighted by molar-refractivity contribution is 0.182. The van der Waals surface area contributed by atoms with E-state index in [2.05, 4.69) is 65.7 Å². The highest BCUT2D eigenvalue weighted by atomic mass is 16.3. The summed E-state index contributed by atoms with van der Waals surface area (Å²) < 4.78 is 0. The lowest BCUT2D eigenvalue weighted by Gasteiger charge is -2.05. The number of aliphatic hydroxyl groups excluding tert-OH is 1. The number of allylic oxidation sites excluding steroid dienone is 1. The Kier molecular flexibility index (Phi) is 6.39. The number of aromatic amines is 1. The van der Waals surface area contributed by atoms with E-state index in [1.165, 1.54) is 11.1 Å². The molecule has 138 valence electrons. The normalized spacial score (nSPS) is 12.4. The molecule has 0 aliphatic carbocycles. The Morgan fingerprint density at radius 2 is 1.44 bits per heavy atom. The summed E-state index contributed by atoms with van der Waals surface area (Å²) in [6.45, 7) is 1.83. The SMILES string of the molecule is CC(O)CCCC=Cc1ccc(-c2ccc(-c3ccc(=O)[nH]c3)cc2)cc1. The Bertz CT molecular complexity index is 915. The molecule has 3 aromatic rings. The van der Waals surface area contributed by atoms with Crippen molar-refractivity contribution in [3.63, 3.8) is 0 Å². The molecule has 2 N–H and O–H groups in total. The number of hydrogen-bond acceptors (Lipinski definition) is 2. The minimum Gasteiger partial charge on any atom is -0.393 e. The molecule has 1 atom stereocenters. The number of H-pyrrole nitrogens is 1. The molecule has 0 spiro atoms. The van der Waals surface area contributed by atoms with E-state index >= 15 is 0 Å². The van der Waals surface area contributed by atoms with E-state index in [0.717, 1.165) is 36.0 Å². The van der Waals surface area contributed by atoms with Crippen LogP contribution in [0.15, 0.2) is 77.7 Å². The smallest absolute Gasteiger partial charge is 0.247 e. The first-order chi connectivity index (χ1) is 13.1. The van der Waals surface area contributed by atoms with Crippen LogP contribution in [0.2, 0.25) is 0 Å². The molecular formula is C24H25NO2. The van der Waals surface area contributed by atoms with E-state index in [9.17, 15) is 9.90 Å². The van der Waals surface area contributed by atoms with E-state index < -0.39 is 0 Å². The zero-order valence-corrected chi connectivity index (χ0v) is 15.6. The molecule has 1 unspecified atom stereocenters. The average molecular weight is 359 g/mol. The lowest BCUT2D eigenvalue weighted by Crippen LogP contribution is -2.01. The topological polar surface area (TPSA) is 53.1 Å². The molecule has 0 amide bonds. The van der Waals surface area contributed by atoms with Crippen molar-refractivity contribution in [1.29, 1.82) is 0 Å². The van der Waals surface area contributed by atoms with Crippen LogP contribution in [0.25, 0.3) is 28.3 Å². The quantitative estimate of drug-likeness (QED) is 0.564. The molecule has 0 saturated heterocycles. The molecule has 3 heteroatoms. The van der Waals surface area contributed by atoms with Gasteiger partial charge in [0.15, 0.2) is 0 Å². The van der Waals surface area contributed by atoms with Gasteiger partial charge in [0.25, 0.3) is 0 Å². The number of nitrogens with one attached hydrogen (secondary N) is 1. The van der Waals surface area contributed by atoms with E-state index in [1.807, 2.05) is 13.0 Å². The molecule has 0 saturated carbocycles. The minimum atomic E-state index is -0.215. The first-order valence-corrected chi connectivity index (χ1v) is 9.36. The maximum Gasteiger partial charge on any atom is 0.247 e. The van der Waals surface area contributed by atoms with Crippen molar-refractivity contribution in [1.82, 2.24) is 4.98 Å². The van der Waals surface area contributed by atoms with Crippen molar-refractivity contribution in [3.8, 4) is 22.3 Å². The van der Waals surface area contributed by atoms with Crippen molar-refractivity contribution < 1.29 is 5.11 Å². The maximum atomic E-state index is 11.2. The van der Waals surface area contributed by atoms with Crippen molar-refractivity contribution in [2.75, 3.05) is 0 Å². The standard InChI is InChI=1S/C24H25NO2/c1-18(26)5-3-2-4-6-19-7-9-20(10-8-19)21-11-13-22(14-12-21)23-15-16-24(27)25-17-23/h4,6-18,26H,2-3,5H2,1H3,(H,25,27). The molecule has 27 heavy (non-hydrogen) atoms. The second-order valence-electron chi connectivity index (χ2n) is 6.82. The van der Waals surface area contributed by atoms with Gasteiger partial charge in [0.1, 0.15) is 0 Å². The fourth-order valence-electron chi connectivity index (χ4n) is 2.98. The van der Waals surface area contributed by atoms with Crippen LogP contribution < -0.4 is 5.56 Å². The highest BCUT2D eigenvalue weighted by Crippen LogP contribution is 2.24. The number of pyridine rings is 1. The molecular weight excluding hydrogens is 334 g/mol. The van der Waals surface area contributed by atoms with Crippen LogP contribution in [0.5, 0.6) is 0 Å². The predicted molar refractivity (Wildman–Crippen MR) is 113 cm³/mol.